The highest BCUT2D eigenvalue weighted by atomic mass is 16.1. The van der Waals surface area contributed by atoms with Crippen LogP contribution in [0.3, 0.4) is 0 Å². The standard InChI is InChI=1S/C16H22O/c1-3-12(4-2)11-16(17)15-10-9-13-7-5-6-8-14(13)15/h5-8,12,15H,3-4,9-11H2,1-2H3. The van der Waals surface area contributed by atoms with Gasteiger partial charge in [0.15, 0.2) is 0 Å². The van der Waals surface area contributed by atoms with Crippen LogP contribution in [-0.4, -0.2) is 5.78 Å². The molecule has 0 spiro atoms. The topological polar surface area (TPSA) is 17.1 Å². The predicted molar refractivity (Wildman–Crippen MR) is 71.2 cm³/mol. The maximum atomic E-state index is 12.3. The largest absolute Gasteiger partial charge is 0.299 e. The van der Waals surface area contributed by atoms with Crippen LogP contribution in [0.25, 0.3) is 0 Å². The normalized spacial score (nSPS) is 18.4. The monoisotopic (exact) mass is 230 g/mol. The van der Waals surface area contributed by atoms with Gasteiger partial charge in [0.1, 0.15) is 5.78 Å². The summed E-state index contributed by atoms with van der Waals surface area (Å²) in [5.41, 5.74) is 2.68. The molecule has 0 bridgehead atoms. The summed E-state index contributed by atoms with van der Waals surface area (Å²) in [6, 6.07) is 8.44. The number of carbonyl (C=O) groups is 1. The van der Waals surface area contributed by atoms with E-state index in [2.05, 4.69) is 38.1 Å². The van der Waals surface area contributed by atoms with Gasteiger partial charge in [-0.3, -0.25) is 4.79 Å². The van der Waals surface area contributed by atoms with Crippen LogP contribution in [0.1, 0.15) is 56.6 Å². The lowest BCUT2D eigenvalue weighted by Crippen LogP contribution is -2.14. The van der Waals surface area contributed by atoms with Crippen molar-refractivity contribution in [3.05, 3.63) is 35.4 Å². The Bertz CT molecular complexity index is 390. The van der Waals surface area contributed by atoms with Crippen molar-refractivity contribution < 1.29 is 4.79 Å². The second-order valence-electron chi connectivity index (χ2n) is 5.14. The first-order chi connectivity index (χ1) is 8.26. The SMILES string of the molecule is CCC(CC)CC(=O)C1CCc2ccccc21. The summed E-state index contributed by atoms with van der Waals surface area (Å²) >= 11 is 0. The summed E-state index contributed by atoms with van der Waals surface area (Å²) in [5.74, 6) is 1.23. The van der Waals surface area contributed by atoms with E-state index in [1.54, 1.807) is 0 Å². The Kier molecular flexibility index (Phi) is 3.98. The van der Waals surface area contributed by atoms with Gasteiger partial charge in [0.05, 0.1) is 0 Å². The lowest BCUT2D eigenvalue weighted by molar-refractivity contribution is -0.121. The zero-order valence-electron chi connectivity index (χ0n) is 10.9. The van der Waals surface area contributed by atoms with Crippen molar-refractivity contribution in [3.8, 4) is 0 Å². The van der Waals surface area contributed by atoms with Crippen LogP contribution in [0.2, 0.25) is 0 Å². The van der Waals surface area contributed by atoms with Crippen molar-refractivity contribution >= 4 is 5.78 Å². The first-order valence-corrected chi connectivity index (χ1v) is 6.86. The Hall–Kier alpha value is -1.11. The van der Waals surface area contributed by atoms with E-state index in [-0.39, 0.29) is 5.92 Å². The van der Waals surface area contributed by atoms with Gasteiger partial charge in [-0.05, 0) is 29.9 Å². The summed E-state index contributed by atoms with van der Waals surface area (Å²) in [5, 5.41) is 0. The molecular weight excluding hydrogens is 208 g/mol. The van der Waals surface area contributed by atoms with Gasteiger partial charge in [-0.2, -0.15) is 0 Å². The molecule has 17 heavy (non-hydrogen) atoms. The highest BCUT2D eigenvalue weighted by molar-refractivity contribution is 5.87. The average Bonchev–Trinajstić information content (AvgIpc) is 2.79. The third kappa shape index (κ3) is 2.59. The van der Waals surface area contributed by atoms with Crippen LogP contribution < -0.4 is 0 Å². The molecule has 1 unspecified atom stereocenters. The average molecular weight is 230 g/mol. The van der Waals surface area contributed by atoms with Gasteiger partial charge in [-0.1, -0.05) is 51.0 Å². The predicted octanol–water partition coefficient (Wildman–Crippen LogP) is 4.11. The molecule has 92 valence electrons. The van der Waals surface area contributed by atoms with E-state index in [4.69, 9.17) is 0 Å². The fraction of sp³-hybridized carbons (Fsp3) is 0.562. The second kappa shape index (κ2) is 5.48. The summed E-state index contributed by atoms with van der Waals surface area (Å²) in [6.45, 7) is 4.37. The molecule has 0 radical (unpaired) electrons. The molecule has 0 N–H and O–H groups in total. The zero-order chi connectivity index (χ0) is 12.3. The van der Waals surface area contributed by atoms with E-state index in [0.29, 0.717) is 11.7 Å². The third-order valence-electron chi connectivity index (χ3n) is 4.17. The fourth-order valence-electron chi connectivity index (χ4n) is 2.90. The molecule has 2 rings (SSSR count). The Morgan fingerprint density at radius 3 is 2.71 bits per heavy atom. The quantitative estimate of drug-likeness (QED) is 0.744. The van der Waals surface area contributed by atoms with Crippen LogP contribution in [0.4, 0.5) is 0 Å². The van der Waals surface area contributed by atoms with Crippen molar-refractivity contribution in [3.63, 3.8) is 0 Å². The minimum absolute atomic E-state index is 0.187. The van der Waals surface area contributed by atoms with Gasteiger partial charge in [-0.25, -0.2) is 0 Å². The molecule has 1 heteroatoms. The van der Waals surface area contributed by atoms with Gasteiger partial charge in [0.2, 0.25) is 0 Å². The molecule has 1 aliphatic rings. The molecular formula is C16H22O. The number of hydrogen-bond donors (Lipinski definition) is 0. The Morgan fingerprint density at radius 2 is 2.00 bits per heavy atom. The van der Waals surface area contributed by atoms with E-state index in [9.17, 15) is 4.79 Å². The van der Waals surface area contributed by atoms with Gasteiger partial charge >= 0.3 is 0 Å². The molecule has 0 heterocycles. The van der Waals surface area contributed by atoms with E-state index in [0.717, 1.165) is 32.1 Å². The molecule has 1 aromatic rings. The number of aryl methyl sites for hydroxylation is 1. The minimum atomic E-state index is 0.187. The van der Waals surface area contributed by atoms with E-state index in [1.807, 2.05) is 0 Å². The summed E-state index contributed by atoms with van der Waals surface area (Å²) in [4.78, 5) is 12.3. The molecule has 1 aromatic carbocycles. The Labute approximate surface area is 104 Å². The lowest BCUT2D eigenvalue weighted by Gasteiger charge is -2.15. The van der Waals surface area contributed by atoms with Crippen molar-refractivity contribution in [2.45, 2.75) is 51.9 Å². The van der Waals surface area contributed by atoms with Crippen LogP contribution >= 0.6 is 0 Å². The fourth-order valence-corrected chi connectivity index (χ4v) is 2.90. The number of benzene rings is 1. The number of fused-ring (bicyclic) bond motifs is 1. The lowest BCUT2D eigenvalue weighted by atomic mass is 9.88. The molecule has 1 atom stereocenters. The van der Waals surface area contributed by atoms with Crippen LogP contribution in [0.15, 0.2) is 24.3 Å². The maximum Gasteiger partial charge on any atom is 0.140 e. The number of carbonyl (C=O) groups excluding carboxylic acids is 1. The molecule has 1 aliphatic carbocycles. The number of hydrogen-bond acceptors (Lipinski definition) is 1. The van der Waals surface area contributed by atoms with E-state index in [1.165, 1.54) is 11.1 Å². The van der Waals surface area contributed by atoms with E-state index < -0.39 is 0 Å². The van der Waals surface area contributed by atoms with Crippen LogP contribution in [0.5, 0.6) is 0 Å². The molecule has 0 aromatic heterocycles. The molecule has 0 saturated carbocycles. The van der Waals surface area contributed by atoms with Crippen molar-refractivity contribution in [2.75, 3.05) is 0 Å². The number of Topliss-reactive ketones (excluding diaryl/α,β-unsaturated/α-hetero) is 1. The zero-order valence-corrected chi connectivity index (χ0v) is 10.9. The highest BCUT2D eigenvalue weighted by Crippen LogP contribution is 2.35. The summed E-state index contributed by atoms with van der Waals surface area (Å²) < 4.78 is 0. The Balaban J connectivity index is 2.07. The molecule has 0 aliphatic heterocycles. The second-order valence-corrected chi connectivity index (χ2v) is 5.14. The van der Waals surface area contributed by atoms with Gasteiger partial charge in [0, 0.05) is 12.3 Å². The van der Waals surface area contributed by atoms with Crippen LogP contribution in [-0.2, 0) is 11.2 Å². The Morgan fingerprint density at radius 1 is 1.29 bits per heavy atom. The number of rotatable bonds is 5. The minimum Gasteiger partial charge on any atom is -0.299 e. The summed E-state index contributed by atoms with van der Waals surface area (Å²) in [7, 11) is 0. The van der Waals surface area contributed by atoms with E-state index >= 15 is 0 Å². The highest BCUT2D eigenvalue weighted by Gasteiger charge is 2.28. The molecule has 0 amide bonds. The van der Waals surface area contributed by atoms with Crippen LogP contribution in [0, 0.1) is 5.92 Å². The van der Waals surface area contributed by atoms with Gasteiger partial charge in [0.25, 0.3) is 0 Å². The number of ketones is 1. The summed E-state index contributed by atoms with van der Waals surface area (Å²) in [6.07, 6.45) is 5.12. The molecule has 0 fully saturated rings. The first-order valence-electron chi connectivity index (χ1n) is 6.86. The van der Waals surface area contributed by atoms with Crippen molar-refractivity contribution in [1.82, 2.24) is 0 Å². The van der Waals surface area contributed by atoms with Gasteiger partial charge < -0.3 is 0 Å². The van der Waals surface area contributed by atoms with Crippen molar-refractivity contribution in [2.24, 2.45) is 5.92 Å². The third-order valence-corrected chi connectivity index (χ3v) is 4.17. The molecule has 0 saturated heterocycles. The van der Waals surface area contributed by atoms with Gasteiger partial charge in [-0.15, -0.1) is 0 Å². The maximum absolute atomic E-state index is 12.3. The first kappa shape index (κ1) is 12.3. The van der Waals surface area contributed by atoms with Crippen molar-refractivity contribution in [1.29, 1.82) is 0 Å². The molecule has 1 nitrogen and oxygen atoms in total. The smallest absolute Gasteiger partial charge is 0.140 e.